The molecule has 1 unspecified atom stereocenters. The molecule has 0 bridgehead atoms. The molecule has 4 aliphatic heterocycles. The molecule has 44 heavy (non-hydrogen) atoms. The van der Waals surface area contributed by atoms with E-state index < -0.39 is 5.92 Å². The standard InChI is InChI=1S/C33H35F3N8/c1-37-27-14-28(42-32-30(27)29(5-7-40-32)44-8-3-2-4-9-44)31-25-13-24(26(34)12-23(25)17-39-20-41-31)22-11-21(15-38-16-22)18-43-10-6-33(35,36)19-43/h5,7,11-16,27,39H,1-4,6,8-10,17-20H2,(H,40,42). The zero-order chi connectivity index (χ0) is 30.3. The average molecular weight is 601 g/mol. The average Bonchev–Trinajstić information content (AvgIpc) is 3.24. The summed E-state index contributed by atoms with van der Waals surface area (Å²) in [4.78, 5) is 22.5. The minimum absolute atomic E-state index is 0.151. The van der Waals surface area contributed by atoms with E-state index in [2.05, 4.69) is 43.3 Å². The fraction of sp³-hybridized carbons (Fsp3) is 0.394. The zero-order valence-electron chi connectivity index (χ0n) is 24.5. The molecule has 2 aromatic heterocycles. The first-order valence-electron chi connectivity index (χ1n) is 15.2. The molecule has 0 saturated carbocycles. The van der Waals surface area contributed by atoms with Gasteiger partial charge in [-0.3, -0.25) is 25.2 Å². The molecule has 8 nitrogen and oxygen atoms in total. The van der Waals surface area contributed by atoms with Crippen LogP contribution in [0, 0.1) is 5.82 Å². The number of allylic oxidation sites excluding steroid dienone is 1. The van der Waals surface area contributed by atoms with Gasteiger partial charge in [-0.1, -0.05) is 0 Å². The van der Waals surface area contributed by atoms with E-state index in [0.29, 0.717) is 43.1 Å². The fourth-order valence-corrected chi connectivity index (χ4v) is 6.72. The van der Waals surface area contributed by atoms with Crippen LogP contribution in [0.25, 0.3) is 11.1 Å². The molecule has 11 heteroatoms. The van der Waals surface area contributed by atoms with Gasteiger partial charge in [0.15, 0.2) is 0 Å². The molecule has 0 aliphatic carbocycles. The van der Waals surface area contributed by atoms with Crippen molar-refractivity contribution in [2.45, 2.75) is 50.7 Å². The van der Waals surface area contributed by atoms with Crippen LogP contribution in [0.1, 0.15) is 54.0 Å². The first-order chi connectivity index (χ1) is 21.4. The summed E-state index contributed by atoms with van der Waals surface area (Å²) in [6, 6.07) is 6.91. The number of hydrogen-bond donors (Lipinski definition) is 2. The Balaban J connectivity index is 1.23. The Labute approximate surface area is 254 Å². The van der Waals surface area contributed by atoms with E-state index in [4.69, 9.17) is 4.99 Å². The Hall–Kier alpha value is -4.09. The van der Waals surface area contributed by atoms with Gasteiger partial charge in [0.25, 0.3) is 5.92 Å². The Morgan fingerprint density at radius 3 is 2.73 bits per heavy atom. The van der Waals surface area contributed by atoms with Crippen LogP contribution in [-0.4, -0.2) is 66.1 Å². The number of rotatable bonds is 6. The van der Waals surface area contributed by atoms with Gasteiger partial charge in [-0.15, -0.1) is 0 Å². The van der Waals surface area contributed by atoms with Crippen molar-refractivity contribution in [3.63, 3.8) is 0 Å². The third kappa shape index (κ3) is 5.61. The van der Waals surface area contributed by atoms with Crippen molar-refractivity contribution in [3.8, 4) is 11.1 Å². The molecule has 3 aromatic rings. The van der Waals surface area contributed by atoms with Crippen LogP contribution in [0.15, 0.2) is 64.6 Å². The number of hydrogen-bond acceptors (Lipinski definition) is 8. The van der Waals surface area contributed by atoms with Crippen LogP contribution >= 0.6 is 0 Å². The van der Waals surface area contributed by atoms with Crippen molar-refractivity contribution in [2.75, 3.05) is 43.1 Å². The lowest BCUT2D eigenvalue weighted by Crippen LogP contribution is -2.31. The highest BCUT2D eigenvalue weighted by atomic mass is 19.3. The summed E-state index contributed by atoms with van der Waals surface area (Å²) in [7, 11) is 0. The number of aromatic nitrogens is 2. The van der Waals surface area contributed by atoms with E-state index in [9.17, 15) is 8.78 Å². The number of anilines is 2. The number of halogens is 3. The third-order valence-electron chi connectivity index (χ3n) is 8.86. The zero-order valence-corrected chi connectivity index (χ0v) is 24.5. The van der Waals surface area contributed by atoms with Crippen molar-refractivity contribution in [1.29, 1.82) is 0 Å². The second kappa shape index (κ2) is 11.8. The Morgan fingerprint density at radius 2 is 1.93 bits per heavy atom. The van der Waals surface area contributed by atoms with Crippen molar-refractivity contribution < 1.29 is 13.2 Å². The summed E-state index contributed by atoms with van der Waals surface area (Å²) in [5.41, 5.74) is 6.81. The van der Waals surface area contributed by atoms with Crippen molar-refractivity contribution in [1.82, 2.24) is 20.2 Å². The number of nitrogens with one attached hydrogen (secondary N) is 2. The summed E-state index contributed by atoms with van der Waals surface area (Å²) in [6.45, 7) is 7.08. The maximum atomic E-state index is 15.7. The van der Waals surface area contributed by atoms with Gasteiger partial charge in [0, 0.05) is 85.7 Å². The van der Waals surface area contributed by atoms with Crippen LogP contribution in [-0.2, 0) is 13.1 Å². The Morgan fingerprint density at radius 1 is 1.07 bits per heavy atom. The molecule has 1 atom stereocenters. The molecule has 6 heterocycles. The number of fused-ring (bicyclic) bond motifs is 2. The molecule has 2 fully saturated rings. The number of benzene rings is 1. The lowest BCUT2D eigenvalue weighted by Gasteiger charge is -2.34. The molecular formula is C33H35F3N8. The maximum Gasteiger partial charge on any atom is 0.261 e. The number of pyridine rings is 2. The molecule has 1 aromatic carbocycles. The summed E-state index contributed by atoms with van der Waals surface area (Å²) in [5.74, 6) is -2.34. The predicted octanol–water partition coefficient (Wildman–Crippen LogP) is 5.72. The van der Waals surface area contributed by atoms with Crippen LogP contribution < -0.4 is 15.5 Å². The van der Waals surface area contributed by atoms with Crippen LogP contribution in [0.3, 0.4) is 0 Å². The van der Waals surface area contributed by atoms with Crippen LogP contribution in [0.5, 0.6) is 0 Å². The lowest BCUT2D eigenvalue weighted by molar-refractivity contribution is 0.0115. The number of alkyl halides is 2. The predicted molar refractivity (Wildman–Crippen MR) is 167 cm³/mol. The molecular weight excluding hydrogens is 565 g/mol. The topological polar surface area (TPSA) is 81.0 Å². The van der Waals surface area contributed by atoms with Crippen LogP contribution in [0.4, 0.5) is 24.7 Å². The minimum atomic E-state index is -2.68. The number of aliphatic imine (C=N–C) groups is 2. The smallest absolute Gasteiger partial charge is 0.261 e. The second-order valence-electron chi connectivity index (χ2n) is 12.0. The molecule has 228 valence electrons. The van der Waals surface area contributed by atoms with E-state index >= 15 is 4.39 Å². The highest BCUT2D eigenvalue weighted by molar-refractivity contribution is 6.16. The van der Waals surface area contributed by atoms with Crippen molar-refractivity contribution >= 4 is 23.9 Å². The molecule has 0 amide bonds. The first kappa shape index (κ1) is 28.7. The fourth-order valence-electron chi connectivity index (χ4n) is 6.72. The van der Waals surface area contributed by atoms with E-state index in [0.717, 1.165) is 65.4 Å². The maximum absolute atomic E-state index is 15.7. The SMILES string of the molecule is C=NC1C=C(C2=NCNCc3cc(F)c(-c4cncc(CN5CCC(F)(F)C5)c4)cc32)Nc2nccc(N3CCCCC3)c21. The molecule has 0 radical (unpaired) electrons. The second-order valence-corrected chi connectivity index (χ2v) is 12.0. The summed E-state index contributed by atoms with van der Waals surface area (Å²) in [6.07, 6.45) is 10.5. The summed E-state index contributed by atoms with van der Waals surface area (Å²) >= 11 is 0. The van der Waals surface area contributed by atoms with Gasteiger partial charge in [0.1, 0.15) is 17.7 Å². The normalized spacial score (nSPS) is 21.4. The Bertz CT molecular complexity index is 1650. The summed E-state index contributed by atoms with van der Waals surface area (Å²) in [5, 5.41) is 6.78. The molecule has 4 aliphatic rings. The third-order valence-corrected chi connectivity index (χ3v) is 8.86. The number of piperidine rings is 1. The Kier molecular flexibility index (Phi) is 7.67. The van der Waals surface area contributed by atoms with Gasteiger partial charge < -0.3 is 10.2 Å². The first-order valence-corrected chi connectivity index (χ1v) is 15.2. The lowest BCUT2D eigenvalue weighted by atomic mass is 9.92. The highest BCUT2D eigenvalue weighted by Crippen LogP contribution is 2.40. The molecule has 0 spiro atoms. The van der Waals surface area contributed by atoms with Gasteiger partial charge in [-0.05, 0) is 67.4 Å². The largest absolute Gasteiger partial charge is 0.371 e. The van der Waals surface area contributed by atoms with Gasteiger partial charge in [0.05, 0.1) is 24.6 Å². The van der Waals surface area contributed by atoms with Gasteiger partial charge in [-0.25, -0.2) is 18.2 Å². The summed E-state index contributed by atoms with van der Waals surface area (Å²) < 4.78 is 43.2. The van der Waals surface area contributed by atoms with E-state index in [-0.39, 0.29) is 24.8 Å². The van der Waals surface area contributed by atoms with Crippen LogP contribution in [0.2, 0.25) is 0 Å². The minimum Gasteiger partial charge on any atom is -0.371 e. The van der Waals surface area contributed by atoms with Gasteiger partial charge in [-0.2, -0.15) is 0 Å². The van der Waals surface area contributed by atoms with Gasteiger partial charge in [0.2, 0.25) is 0 Å². The quantitative estimate of drug-likeness (QED) is 0.353. The van der Waals surface area contributed by atoms with E-state index in [1.807, 2.05) is 24.4 Å². The highest BCUT2D eigenvalue weighted by Gasteiger charge is 2.38. The molecule has 2 N–H and O–H groups in total. The van der Waals surface area contributed by atoms with Crippen molar-refractivity contribution in [2.24, 2.45) is 9.98 Å². The monoisotopic (exact) mass is 600 g/mol. The van der Waals surface area contributed by atoms with E-state index in [1.165, 1.54) is 6.42 Å². The van der Waals surface area contributed by atoms with E-state index in [1.54, 1.807) is 23.4 Å². The molecule has 2 saturated heterocycles. The molecule has 7 rings (SSSR count). The van der Waals surface area contributed by atoms with Gasteiger partial charge >= 0.3 is 0 Å². The van der Waals surface area contributed by atoms with Crippen molar-refractivity contribution in [3.05, 3.63) is 82.7 Å². The number of likely N-dealkylation sites (tertiary alicyclic amines) is 1. The number of nitrogens with zero attached hydrogens (tertiary/aromatic N) is 6.